The van der Waals surface area contributed by atoms with Gasteiger partial charge in [0.15, 0.2) is 11.5 Å². The van der Waals surface area contributed by atoms with E-state index in [2.05, 4.69) is 5.32 Å². The largest absolute Gasteiger partial charge is 0.493 e. The summed E-state index contributed by atoms with van der Waals surface area (Å²) < 4.78 is 17.9. The second-order valence-corrected chi connectivity index (χ2v) is 7.78. The Hall–Kier alpha value is -3.39. The molecule has 31 heavy (non-hydrogen) atoms. The van der Waals surface area contributed by atoms with Crippen LogP contribution in [-0.2, 0) is 16.3 Å². The Kier molecular flexibility index (Phi) is 6.18. The molecule has 0 fully saturated rings. The number of anilines is 1. The second-order valence-electron chi connectivity index (χ2n) is 6.80. The van der Waals surface area contributed by atoms with Crippen LogP contribution in [0, 0.1) is 0 Å². The van der Waals surface area contributed by atoms with Gasteiger partial charge in [0.1, 0.15) is 5.82 Å². The molecule has 1 amide bonds. The third-order valence-corrected chi connectivity index (χ3v) is 5.88. The van der Waals surface area contributed by atoms with E-state index in [-0.39, 0.29) is 5.91 Å². The second kappa shape index (κ2) is 9.18. The lowest BCUT2D eigenvalue weighted by Gasteiger charge is -2.13. The highest BCUT2D eigenvalue weighted by Crippen LogP contribution is 2.39. The number of carbonyl (C=O) groups is 1. The molecule has 1 aliphatic rings. The zero-order valence-corrected chi connectivity index (χ0v) is 18.4. The van der Waals surface area contributed by atoms with Crippen molar-refractivity contribution in [1.82, 2.24) is 9.78 Å². The molecule has 3 aromatic rings. The minimum absolute atomic E-state index is 0.245. The van der Waals surface area contributed by atoms with Crippen molar-refractivity contribution in [2.45, 2.75) is 11.5 Å². The standard InChI is InChI=1S/C23H23N3O4S/c1-28-19-11-15(12-20(29-2)22(19)30-3)9-10-21(27)24-23-17-13-31-14-18(17)25-26(23)16-7-5-4-6-8-16/h4-12H,13-14H2,1-3H3,(H,24,27)/b10-9+. The van der Waals surface area contributed by atoms with E-state index in [9.17, 15) is 4.79 Å². The summed E-state index contributed by atoms with van der Waals surface area (Å²) in [6, 6.07) is 13.4. The highest BCUT2D eigenvalue weighted by molar-refractivity contribution is 7.98. The predicted octanol–water partition coefficient (Wildman–Crippen LogP) is 4.30. The molecule has 1 aliphatic heterocycles. The topological polar surface area (TPSA) is 74.6 Å². The first-order chi connectivity index (χ1) is 15.1. The van der Waals surface area contributed by atoms with Crippen molar-refractivity contribution in [3.63, 3.8) is 0 Å². The van der Waals surface area contributed by atoms with Crippen molar-refractivity contribution in [3.05, 3.63) is 65.4 Å². The third-order valence-electron chi connectivity index (χ3n) is 4.91. The van der Waals surface area contributed by atoms with E-state index in [4.69, 9.17) is 19.3 Å². The van der Waals surface area contributed by atoms with E-state index in [1.54, 1.807) is 56.0 Å². The number of fused-ring (bicyclic) bond motifs is 1. The minimum Gasteiger partial charge on any atom is -0.493 e. The summed E-state index contributed by atoms with van der Waals surface area (Å²) in [5, 5.41) is 7.72. The number of ether oxygens (including phenoxy) is 3. The number of aromatic nitrogens is 2. The van der Waals surface area contributed by atoms with Crippen LogP contribution in [0.1, 0.15) is 16.8 Å². The molecule has 0 radical (unpaired) electrons. The molecule has 8 heteroatoms. The number of rotatable bonds is 7. The lowest BCUT2D eigenvalue weighted by molar-refractivity contribution is -0.111. The fraction of sp³-hybridized carbons (Fsp3) is 0.217. The number of nitrogens with one attached hydrogen (secondary N) is 1. The van der Waals surface area contributed by atoms with Crippen molar-refractivity contribution in [2.75, 3.05) is 26.6 Å². The predicted molar refractivity (Wildman–Crippen MR) is 122 cm³/mol. The van der Waals surface area contributed by atoms with Crippen LogP contribution in [0.2, 0.25) is 0 Å². The maximum absolute atomic E-state index is 12.8. The Balaban J connectivity index is 1.60. The number of benzene rings is 2. The monoisotopic (exact) mass is 437 g/mol. The van der Waals surface area contributed by atoms with E-state index >= 15 is 0 Å². The van der Waals surface area contributed by atoms with Gasteiger partial charge in [0.05, 0.1) is 32.7 Å². The Labute approximate surface area is 185 Å². The lowest BCUT2D eigenvalue weighted by Crippen LogP contribution is -2.13. The van der Waals surface area contributed by atoms with Gasteiger partial charge in [-0.2, -0.15) is 16.9 Å². The number of methoxy groups -OCH3 is 3. The molecule has 0 saturated carbocycles. The zero-order chi connectivity index (χ0) is 21.8. The summed E-state index contributed by atoms with van der Waals surface area (Å²) >= 11 is 1.79. The van der Waals surface area contributed by atoms with Gasteiger partial charge in [-0.25, -0.2) is 4.68 Å². The molecule has 1 aromatic heterocycles. The zero-order valence-electron chi connectivity index (χ0n) is 17.5. The van der Waals surface area contributed by atoms with Crippen LogP contribution in [0.5, 0.6) is 17.2 Å². The van der Waals surface area contributed by atoms with Crippen LogP contribution in [0.4, 0.5) is 5.82 Å². The lowest BCUT2D eigenvalue weighted by atomic mass is 10.1. The Morgan fingerprint density at radius 1 is 1.06 bits per heavy atom. The first-order valence-corrected chi connectivity index (χ1v) is 10.8. The van der Waals surface area contributed by atoms with Gasteiger partial charge in [-0.05, 0) is 35.9 Å². The van der Waals surface area contributed by atoms with Gasteiger partial charge in [-0.3, -0.25) is 4.79 Å². The van der Waals surface area contributed by atoms with Gasteiger partial charge in [-0.15, -0.1) is 0 Å². The SMILES string of the molecule is COc1cc(/C=C/C(=O)Nc2c3c(nn2-c2ccccc2)CSC3)cc(OC)c1OC. The average molecular weight is 438 g/mol. The highest BCUT2D eigenvalue weighted by atomic mass is 32.2. The van der Waals surface area contributed by atoms with Crippen LogP contribution in [0.3, 0.4) is 0 Å². The Bertz CT molecular complexity index is 1100. The number of para-hydroxylation sites is 1. The summed E-state index contributed by atoms with van der Waals surface area (Å²) in [5.41, 5.74) is 3.74. The van der Waals surface area contributed by atoms with Crippen LogP contribution in [-0.4, -0.2) is 37.0 Å². The fourth-order valence-electron chi connectivity index (χ4n) is 3.43. The van der Waals surface area contributed by atoms with Gasteiger partial charge in [0.25, 0.3) is 0 Å². The number of carbonyl (C=O) groups excluding carboxylic acids is 1. The van der Waals surface area contributed by atoms with Crippen LogP contribution >= 0.6 is 11.8 Å². The summed E-state index contributed by atoms with van der Waals surface area (Å²) in [6.45, 7) is 0. The summed E-state index contributed by atoms with van der Waals surface area (Å²) in [4.78, 5) is 12.8. The average Bonchev–Trinajstić information content (AvgIpc) is 3.40. The van der Waals surface area contributed by atoms with Crippen molar-refractivity contribution in [3.8, 4) is 22.9 Å². The normalized spacial score (nSPS) is 12.6. The van der Waals surface area contributed by atoms with E-state index in [1.807, 2.05) is 30.3 Å². The highest BCUT2D eigenvalue weighted by Gasteiger charge is 2.24. The molecule has 1 N–H and O–H groups in total. The first kappa shape index (κ1) is 20.9. The molecule has 7 nitrogen and oxygen atoms in total. The molecule has 0 bridgehead atoms. The maximum atomic E-state index is 12.8. The number of hydrogen-bond acceptors (Lipinski definition) is 6. The van der Waals surface area contributed by atoms with Gasteiger partial charge in [0.2, 0.25) is 11.7 Å². The Morgan fingerprint density at radius 2 is 1.77 bits per heavy atom. The molecule has 0 saturated heterocycles. The quantitative estimate of drug-likeness (QED) is 0.556. The smallest absolute Gasteiger partial charge is 0.249 e. The summed E-state index contributed by atoms with van der Waals surface area (Å²) in [7, 11) is 4.66. The van der Waals surface area contributed by atoms with E-state index in [0.29, 0.717) is 23.1 Å². The van der Waals surface area contributed by atoms with Gasteiger partial charge >= 0.3 is 0 Å². The van der Waals surface area contributed by atoms with Crippen LogP contribution in [0.25, 0.3) is 11.8 Å². The molecule has 2 heterocycles. The minimum atomic E-state index is -0.245. The molecule has 2 aromatic carbocycles. The molecule has 160 valence electrons. The first-order valence-electron chi connectivity index (χ1n) is 9.67. The number of hydrogen-bond donors (Lipinski definition) is 1. The molecule has 0 unspecified atom stereocenters. The number of amides is 1. The van der Waals surface area contributed by atoms with Crippen molar-refractivity contribution >= 4 is 29.6 Å². The molecular weight excluding hydrogens is 414 g/mol. The summed E-state index contributed by atoms with van der Waals surface area (Å²) in [5.74, 6) is 3.70. The third kappa shape index (κ3) is 4.25. The molecule has 0 aliphatic carbocycles. The van der Waals surface area contributed by atoms with Crippen LogP contribution < -0.4 is 19.5 Å². The molecule has 0 spiro atoms. The van der Waals surface area contributed by atoms with Gasteiger partial charge in [-0.1, -0.05) is 18.2 Å². The van der Waals surface area contributed by atoms with Crippen molar-refractivity contribution in [1.29, 1.82) is 0 Å². The van der Waals surface area contributed by atoms with E-state index in [1.165, 1.54) is 6.08 Å². The van der Waals surface area contributed by atoms with Crippen molar-refractivity contribution < 1.29 is 19.0 Å². The van der Waals surface area contributed by atoms with Gasteiger partial charge < -0.3 is 19.5 Å². The number of nitrogens with zero attached hydrogens (tertiary/aromatic N) is 2. The van der Waals surface area contributed by atoms with E-state index < -0.39 is 0 Å². The van der Waals surface area contributed by atoms with E-state index in [0.717, 1.165) is 34.0 Å². The summed E-state index contributed by atoms with van der Waals surface area (Å²) in [6.07, 6.45) is 3.19. The van der Waals surface area contributed by atoms with Crippen molar-refractivity contribution in [2.24, 2.45) is 0 Å². The van der Waals surface area contributed by atoms with Crippen LogP contribution in [0.15, 0.2) is 48.5 Å². The molecule has 4 rings (SSSR count). The fourth-order valence-corrected chi connectivity index (χ4v) is 4.46. The Morgan fingerprint density at radius 3 is 2.42 bits per heavy atom. The maximum Gasteiger partial charge on any atom is 0.249 e. The number of thioether (sulfide) groups is 1. The molecular formula is C23H23N3O4S. The molecule has 0 atom stereocenters. The van der Waals surface area contributed by atoms with Gasteiger partial charge in [0, 0.05) is 23.1 Å².